The van der Waals surface area contributed by atoms with Crippen LogP contribution in [-0.2, 0) is 22.7 Å². The number of carbonyl (C=O) groups is 1. The molecule has 27 heavy (non-hydrogen) atoms. The van der Waals surface area contributed by atoms with Gasteiger partial charge in [0.1, 0.15) is 24.7 Å². The molecule has 0 bridgehead atoms. The normalized spacial score (nSPS) is 10.6. The van der Waals surface area contributed by atoms with Crippen LogP contribution >= 0.6 is 0 Å². The van der Waals surface area contributed by atoms with E-state index in [4.69, 9.17) is 13.9 Å². The number of hydrogen-bond acceptors (Lipinski definition) is 6. The number of hydrogen-bond donors (Lipinski definition) is 0. The lowest BCUT2D eigenvalue weighted by Crippen LogP contribution is -2.23. The minimum Gasteiger partial charge on any atom is -0.493 e. The van der Waals surface area contributed by atoms with Gasteiger partial charge in [-0.3, -0.25) is 4.79 Å². The molecule has 140 valence electrons. The van der Waals surface area contributed by atoms with Gasteiger partial charge in [0.2, 0.25) is 5.89 Å². The molecule has 0 radical (unpaired) electrons. The Kier molecular flexibility index (Phi) is 5.65. The first kappa shape index (κ1) is 18.4. The van der Waals surface area contributed by atoms with E-state index in [1.165, 1.54) is 24.3 Å². The summed E-state index contributed by atoms with van der Waals surface area (Å²) < 4.78 is 29.5. The van der Waals surface area contributed by atoms with E-state index in [1.807, 2.05) is 19.1 Å². The number of aromatic nitrogens is 2. The third-order valence-corrected chi connectivity index (χ3v) is 3.64. The standard InChI is InChI=1S/C19H17FN2O5/c1-2-25-16-6-4-3-5-14(16)12-26-17(23)11-22-19(24)27-18(21-22)13-7-9-15(20)10-8-13/h3-10H,2,11-12H2,1H3. The quantitative estimate of drug-likeness (QED) is 0.593. The molecule has 0 atom stereocenters. The zero-order valence-electron chi connectivity index (χ0n) is 14.6. The van der Waals surface area contributed by atoms with E-state index in [9.17, 15) is 14.0 Å². The van der Waals surface area contributed by atoms with E-state index in [1.54, 1.807) is 12.1 Å². The molecule has 1 heterocycles. The molecule has 8 heteroatoms. The maximum Gasteiger partial charge on any atom is 0.437 e. The van der Waals surface area contributed by atoms with Crippen LogP contribution in [0.5, 0.6) is 5.75 Å². The van der Waals surface area contributed by atoms with Crippen molar-refractivity contribution >= 4 is 5.97 Å². The Morgan fingerprint density at radius 1 is 1.19 bits per heavy atom. The number of esters is 1. The molecule has 2 aromatic carbocycles. The van der Waals surface area contributed by atoms with Crippen LogP contribution in [0.1, 0.15) is 12.5 Å². The van der Waals surface area contributed by atoms with E-state index < -0.39 is 24.1 Å². The highest BCUT2D eigenvalue weighted by molar-refractivity contribution is 5.69. The molecule has 0 saturated heterocycles. The van der Waals surface area contributed by atoms with E-state index in [2.05, 4.69) is 5.10 Å². The number of ether oxygens (including phenoxy) is 2. The number of para-hydroxylation sites is 1. The van der Waals surface area contributed by atoms with Crippen molar-refractivity contribution in [3.63, 3.8) is 0 Å². The maximum absolute atomic E-state index is 13.0. The van der Waals surface area contributed by atoms with Gasteiger partial charge in [0, 0.05) is 11.1 Å². The SMILES string of the molecule is CCOc1ccccc1COC(=O)Cn1nc(-c2ccc(F)cc2)oc1=O. The van der Waals surface area contributed by atoms with Crippen LogP contribution in [0.25, 0.3) is 11.5 Å². The Balaban J connectivity index is 1.65. The van der Waals surface area contributed by atoms with E-state index >= 15 is 0 Å². The van der Waals surface area contributed by atoms with Crippen LogP contribution in [0.15, 0.2) is 57.7 Å². The van der Waals surface area contributed by atoms with Crippen LogP contribution in [0.2, 0.25) is 0 Å². The highest BCUT2D eigenvalue weighted by atomic mass is 19.1. The Hall–Kier alpha value is -3.42. The lowest BCUT2D eigenvalue weighted by atomic mass is 10.2. The molecule has 0 fully saturated rings. The minimum atomic E-state index is -0.805. The number of nitrogens with zero attached hydrogens (tertiary/aromatic N) is 2. The van der Waals surface area contributed by atoms with Crippen molar-refractivity contribution in [2.45, 2.75) is 20.1 Å². The second-order valence-corrected chi connectivity index (χ2v) is 5.54. The summed E-state index contributed by atoms with van der Waals surface area (Å²) in [6, 6.07) is 12.5. The smallest absolute Gasteiger partial charge is 0.437 e. The van der Waals surface area contributed by atoms with Gasteiger partial charge in [0.05, 0.1) is 6.61 Å². The number of benzene rings is 2. The van der Waals surface area contributed by atoms with Crippen LogP contribution in [0.3, 0.4) is 0 Å². The molecule has 0 aliphatic rings. The van der Waals surface area contributed by atoms with Gasteiger partial charge in [-0.1, -0.05) is 18.2 Å². The molecular weight excluding hydrogens is 355 g/mol. The summed E-state index contributed by atoms with van der Waals surface area (Å²) in [4.78, 5) is 23.9. The Labute approximate surface area is 153 Å². The summed E-state index contributed by atoms with van der Waals surface area (Å²) in [5, 5.41) is 3.94. The first-order valence-electron chi connectivity index (χ1n) is 8.27. The fourth-order valence-corrected chi connectivity index (χ4v) is 2.36. The van der Waals surface area contributed by atoms with Crippen LogP contribution in [0.4, 0.5) is 4.39 Å². The predicted molar refractivity (Wildman–Crippen MR) is 93.6 cm³/mol. The van der Waals surface area contributed by atoms with Crippen molar-refractivity contribution in [2.75, 3.05) is 6.61 Å². The molecule has 0 spiro atoms. The molecule has 7 nitrogen and oxygen atoms in total. The molecule has 0 aliphatic heterocycles. The highest BCUT2D eigenvalue weighted by Gasteiger charge is 2.15. The summed E-state index contributed by atoms with van der Waals surface area (Å²) in [7, 11) is 0. The molecule has 0 N–H and O–H groups in total. The summed E-state index contributed by atoms with van der Waals surface area (Å²) >= 11 is 0. The zero-order chi connectivity index (χ0) is 19.2. The molecule has 3 rings (SSSR count). The van der Waals surface area contributed by atoms with E-state index in [0.29, 0.717) is 23.5 Å². The fourth-order valence-electron chi connectivity index (χ4n) is 2.36. The topological polar surface area (TPSA) is 83.6 Å². The van der Waals surface area contributed by atoms with Gasteiger partial charge in [-0.2, -0.15) is 4.68 Å². The second kappa shape index (κ2) is 8.31. The molecule has 1 aromatic heterocycles. The molecular formula is C19H17FN2O5. The fraction of sp³-hybridized carbons (Fsp3) is 0.211. The van der Waals surface area contributed by atoms with Crippen LogP contribution < -0.4 is 10.5 Å². The number of rotatable bonds is 7. The first-order chi connectivity index (χ1) is 13.1. The average molecular weight is 372 g/mol. The monoisotopic (exact) mass is 372 g/mol. The summed E-state index contributed by atoms with van der Waals surface area (Å²) in [6.45, 7) is 1.96. The van der Waals surface area contributed by atoms with Crippen molar-refractivity contribution in [3.8, 4) is 17.2 Å². The van der Waals surface area contributed by atoms with Gasteiger partial charge < -0.3 is 13.9 Å². The van der Waals surface area contributed by atoms with Crippen molar-refractivity contribution in [2.24, 2.45) is 0 Å². The molecule has 0 unspecified atom stereocenters. The molecule has 3 aromatic rings. The predicted octanol–water partition coefficient (Wildman–Crippen LogP) is 2.78. The summed E-state index contributed by atoms with van der Waals surface area (Å²) in [6.07, 6.45) is 0. The minimum absolute atomic E-state index is 0.00510. The van der Waals surface area contributed by atoms with Crippen LogP contribution in [-0.4, -0.2) is 22.4 Å². The number of carbonyl (C=O) groups excluding carboxylic acids is 1. The largest absolute Gasteiger partial charge is 0.493 e. The van der Waals surface area contributed by atoms with Gasteiger partial charge >= 0.3 is 11.7 Å². The lowest BCUT2D eigenvalue weighted by molar-refractivity contribution is -0.146. The maximum atomic E-state index is 13.0. The molecule has 0 saturated carbocycles. The average Bonchev–Trinajstić information content (AvgIpc) is 3.02. The third-order valence-electron chi connectivity index (χ3n) is 3.64. The summed E-state index contributed by atoms with van der Waals surface area (Å²) in [5.41, 5.74) is 1.14. The van der Waals surface area contributed by atoms with Gasteiger partial charge in [-0.25, -0.2) is 9.18 Å². The lowest BCUT2D eigenvalue weighted by Gasteiger charge is -2.10. The second-order valence-electron chi connectivity index (χ2n) is 5.54. The first-order valence-corrected chi connectivity index (χ1v) is 8.27. The van der Waals surface area contributed by atoms with Crippen molar-refractivity contribution in [3.05, 3.63) is 70.5 Å². The van der Waals surface area contributed by atoms with E-state index in [0.717, 1.165) is 4.68 Å². The van der Waals surface area contributed by atoms with Crippen LogP contribution in [0, 0.1) is 5.82 Å². The van der Waals surface area contributed by atoms with E-state index in [-0.39, 0.29) is 12.5 Å². The highest BCUT2D eigenvalue weighted by Crippen LogP contribution is 2.19. The zero-order valence-corrected chi connectivity index (χ0v) is 14.6. The van der Waals surface area contributed by atoms with Gasteiger partial charge in [0.25, 0.3) is 0 Å². The summed E-state index contributed by atoms with van der Waals surface area (Å²) in [5.74, 6) is -1.25. The van der Waals surface area contributed by atoms with Gasteiger partial charge in [-0.15, -0.1) is 5.10 Å². The Bertz CT molecular complexity index is 978. The third kappa shape index (κ3) is 4.60. The van der Waals surface area contributed by atoms with Crippen molar-refractivity contribution in [1.82, 2.24) is 9.78 Å². The Morgan fingerprint density at radius 3 is 2.67 bits per heavy atom. The van der Waals surface area contributed by atoms with Gasteiger partial charge in [0.15, 0.2) is 0 Å². The van der Waals surface area contributed by atoms with Crippen molar-refractivity contribution < 1.29 is 23.1 Å². The number of halogens is 1. The Morgan fingerprint density at radius 2 is 1.93 bits per heavy atom. The van der Waals surface area contributed by atoms with Gasteiger partial charge in [-0.05, 0) is 37.3 Å². The molecule has 0 amide bonds. The van der Waals surface area contributed by atoms with Crippen molar-refractivity contribution in [1.29, 1.82) is 0 Å². The molecule has 0 aliphatic carbocycles.